The van der Waals surface area contributed by atoms with Crippen LogP contribution in [-0.4, -0.2) is 38.1 Å². The van der Waals surface area contributed by atoms with Crippen LogP contribution in [0.1, 0.15) is 34.6 Å². The number of amides is 2. The molecule has 2 aromatic rings. The van der Waals surface area contributed by atoms with Gasteiger partial charge in [-0.15, -0.1) is 0 Å². The lowest BCUT2D eigenvalue weighted by molar-refractivity contribution is 0.0933. The maximum Gasteiger partial charge on any atom is 0.251 e. The number of rotatable bonds is 8. The molecular formula is C20H24N2O4. The summed E-state index contributed by atoms with van der Waals surface area (Å²) in [6.07, 6.45) is 0. The first-order chi connectivity index (χ1) is 12.5. The average molecular weight is 356 g/mol. The maximum absolute atomic E-state index is 12.1. The Kier molecular flexibility index (Phi) is 7.02. The van der Waals surface area contributed by atoms with Gasteiger partial charge in [-0.1, -0.05) is 0 Å². The Morgan fingerprint density at radius 3 is 1.96 bits per heavy atom. The summed E-state index contributed by atoms with van der Waals surface area (Å²) in [6, 6.07) is 13.8. The van der Waals surface area contributed by atoms with Crippen molar-refractivity contribution in [2.75, 3.05) is 20.3 Å². The third-order valence-electron chi connectivity index (χ3n) is 3.54. The number of nitrogens with one attached hydrogen (secondary N) is 2. The van der Waals surface area contributed by atoms with E-state index in [1.165, 1.54) is 0 Å². The Hall–Kier alpha value is -3.02. The van der Waals surface area contributed by atoms with Gasteiger partial charge < -0.3 is 20.1 Å². The minimum absolute atomic E-state index is 0.0659. The molecule has 0 aliphatic heterocycles. The summed E-state index contributed by atoms with van der Waals surface area (Å²) in [5, 5.41) is 5.59. The molecule has 0 radical (unpaired) electrons. The Labute approximate surface area is 153 Å². The molecule has 0 fully saturated rings. The van der Waals surface area contributed by atoms with Crippen molar-refractivity contribution in [3.05, 3.63) is 59.7 Å². The van der Waals surface area contributed by atoms with E-state index in [0.29, 0.717) is 30.0 Å². The van der Waals surface area contributed by atoms with Crippen molar-refractivity contribution in [1.29, 1.82) is 0 Å². The van der Waals surface area contributed by atoms with Crippen molar-refractivity contribution in [3.8, 4) is 11.5 Å². The van der Waals surface area contributed by atoms with Gasteiger partial charge in [0.25, 0.3) is 11.8 Å². The Morgan fingerprint density at radius 1 is 0.885 bits per heavy atom. The minimum atomic E-state index is -0.209. The lowest BCUT2D eigenvalue weighted by Crippen LogP contribution is -2.30. The summed E-state index contributed by atoms with van der Waals surface area (Å²) >= 11 is 0. The first-order valence-electron chi connectivity index (χ1n) is 8.45. The van der Waals surface area contributed by atoms with E-state index in [-0.39, 0.29) is 17.9 Å². The molecule has 0 unspecified atom stereocenters. The van der Waals surface area contributed by atoms with Gasteiger partial charge in [0.1, 0.15) is 18.1 Å². The van der Waals surface area contributed by atoms with Crippen molar-refractivity contribution >= 4 is 11.8 Å². The van der Waals surface area contributed by atoms with Crippen LogP contribution in [0.3, 0.4) is 0 Å². The Bertz CT molecular complexity index is 724. The van der Waals surface area contributed by atoms with Crippen molar-refractivity contribution < 1.29 is 19.1 Å². The van der Waals surface area contributed by atoms with Gasteiger partial charge in [-0.3, -0.25) is 9.59 Å². The van der Waals surface area contributed by atoms with Crippen LogP contribution in [0.2, 0.25) is 0 Å². The van der Waals surface area contributed by atoms with E-state index in [9.17, 15) is 9.59 Å². The quantitative estimate of drug-likeness (QED) is 0.713. The Balaban J connectivity index is 1.77. The summed E-state index contributed by atoms with van der Waals surface area (Å²) < 4.78 is 10.6. The molecule has 0 bridgehead atoms. The van der Waals surface area contributed by atoms with Gasteiger partial charge in [0, 0.05) is 17.2 Å². The molecule has 6 heteroatoms. The van der Waals surface area contributed by atoms with Gasteiger partial charge in [0.15, 0.2) is 0 Å². The third-order valence-corrected chi connectivity index (χ3v) is 3.54. The van der Waals surface area contributed by atoms with Crippen LogP contribution in [0.15, 0.2) is 48.5 Å². The number of methoxy groups -OCH3 is 1. The maximum atomic E-state index is 12.1. The molecule has 0 spiro atoms. The largest absolute Gasteiger partial charge is 0.497 e. The molecule has 0 saturated heterocycles. The fraction of sp³-hybridized carbons (Fsp3) is 0.300. The topological polar surface area (TPSA) is 76.7 Å². The lowest BCUT2D eigenvalue weighted by atomic mass is 10.1. The highest BCUT2D eigenvalue weighted by Gasteiger charge is 2.09. The molecule has 0 atom stereocenters. The summed E-state index contributed by atoms with van der Waals surface area (Å²) in [7, 11) is 1.61. The minimum Gasteiger partial charge on any atom is -0.497 e. The number of benzene rings is 2. The van der Waals surface area contributed by atoms with E-state index in [4.69, 9.17) is 9.47 Å². The first kappa shape index (κ1) is 19.3. The number of carbonyl (C=O) groups excluding carboxylic acids is 2. The van der Waals surface area contributed by atoms with Gasteiger partial charge in [0.05, 0.1) is 13.7 Å². The number of hydrogen-bond donors (Lipinski definition) is 2. The molecule has 138 valence electrons. The van der Waals surface area contributed by atoms with E-state index in [0.717, 1.165) is 5.75 Å². The van der Waals surface area contributed by atoms with Crippen molar-refractivity contribution in [1.82, 2.24) is 10.6 Å². The van der Waals surface area contributed by atoms with Gasteiger partial charge in [-0.25, -0.2) is 0 Å². The molecule has 0 aliphatic carbocycles. The van der Waals surface area contributed by atoms with Gasteiger partial charge in [0.2, 0.25) is 0 Å². The van der Waals surface area contributed by atoms with Gasteiger partial charge in [-0.2, -0.15) is 0 Å². The molecule has 0 heterocycles. The first-order valence-corrected chi connectivity index (χ1v) is 8.45. The highest BCUT2D eigenvalue weighted by molar-refractivity contribution is 5.97. The molecule has 0 saturated carbocycles. The van der Waals surface area contributed by atoms with Crippen molar-refractivity contribution in [3.63, 3.8) is 0 Å². The van der Waals surface area contributed by atoms with E-state index in [1.807, 2.05) is 38.1 Å². The van der Waals surface area contributed by atoms with Crippen LogP contribution < -0.4 is 20.1 Å². The zero-order chi connectivity index (χ0) is 18.9. The lowest BCUT2D eigenvalue weighted by Gasteiger charge is -2.10. The van der Waals surface area contributed by atoms with E-state index >= 15 is 0 Å². The summed E-state index contributed by atoms with van der Waals surface area (Å²) in [5.41, 5.74) is 1.02. The second-order valence-electron chi connectivity index (χ2n) is 5.99. The zero-order valence-corrected chi connectivity index (χ0v) is 15.2. The van der Waals surface area contributed by atoms with E-state index in [1.54, 1.807) is 31.4 Å². The zero-order valence-electron chi connectivity index (χ0n) is 15.2. The van der Waals surface area contributed by atoms with Crippen LogP contribution in [0, 0.1) is 0 Å². The molecule has 2 aromatic carbocycles. The second kappa shape index (κ2) is 9.46. The predicted molar refractivity (Wildman–Crippen MR) is 99.9 cm³/mol. The summed E-state index contributed by atoms with van der Waals surface area (Å²) in [6.45, 7) is 4.52. The molecular weight excluding hydrogens is 332 g/mol. The molecule has 0 aliphatic rings. The molecule has 2 rings (SSSR count). The number of hydrogen-bond acceptors (Lipinski definition) is 4. The fourth-order valence-electron chi connectivity index (χ4n) is 2.23. The molecule has 2 N–H and O–H groups in total. The highest BCUT2D eigenvalue weighted by Crippen LogP contribution is 2.16. The van der Waals surface area contributed by atoms with Crippen LogP contribution in [0.4, 0.5) is 0 Å². The number of ether oxygens (including phenoxy) is 2. The monoisotopic (exact) mass is 356 g/mol. The summed E-state index contributed by atoms with van der Waals surface area (Å²) in [5.74, 6) is 1.11. The standard InChI is InChI=1S/C20H24N2O4/c1-14(2)22-20(24)16-6-4-15(5-7-16)19(23)21-12-13-26-18-10-8-17(25-3)9-11-18/h4-11,14H,12-13H2,1-3H3,(H,21,23)(H,22,24). The van der Waals surface area contributed by atoms with Gasteiger partial charge in [-0.05, 0) is 62.4 Å². The summed E-state index contributed by atoms with van der Waals surface area (Å²) in [4.78, 5) is 24.0. The normalized spacial score (nSPS) is 10.3. The van der Waals surface area contributed by atoms with Crippen LogP contribution in [-0.2, 0) is 0 Å². The van der Waals surface area contributed by atoms with Crippen LogP contribution in [0.25, 0.3) is 0 Å². The average Bonchev–Trinajstić information content (AvgIpc) is 2.65. The fourth-order valence-corrected chi connectivity index (χ4v) is 2.23. The number of carbonyl (C=O) groups is 2. The van der Waals surface area contributed by atoms with Crippen molar-refractivity contribution in [2.45, 2.75) is 19.9 Å². The smallest absolute Gasteiger partial charge is 0.251 e. The predicted octanol–water partition coefficient (Wildman–Crippen LogP) is 2.64. The molecule has 6 nitrogen and oxygen atoms in total. The molecule has 0 aromatic heterocycles. The van der Waals surface area contributed by atoms with Crippen LogP contribution >= 0.6 is 0 Å². The van der Waals surface area contributed by atoms with Gasteiger partial charge >= 0.3 is 0 Å². The molecule has 26 heavy (non-hydrogen) atoms. The molecule has 2 amide bonds. The third kappa shape index (κ3) is 5.81. The second-order valence-corrected chi connectivity index (χ2v) is 5.99. The van der Waals surface area contributed by atoms with Crippen molar-refractivity contribution in [2.24, 2.45) is 0 Å². The van der Waals surface area contributed by atoms with E-state index in [2.05, 4.69) is 10.6 Å². The highest BCUT2D eigenvalue weighted by atomic mass is 16.5. The van der Waals surface area contributed by atoms with Crippen LogP contribution in [0.5, 0.6) is 11.5 Å². The van der Waals surface area contributed by atoms with E-state index < -0.39 is 0 Å². The SMILES string of the molecule is COc1ccc(OCCNC(=O)c2ccc(C(=O)NC(C)C)cc2)cc1. The Morgan fingerprint density at radius 2 is 1.42 bits per heavy atom.